The predicted molar refractivity (Wildman–Crippen MR) is 76.7 cm³/mol. The summed E-state index contributed by atoms with van der Waals surface area (Å²) in [6, 6.07) is 7.66. The van der Waals surface area contributed by atoms with Crippen LogP contribution in [0.3, 0.4) is 0 Å². The quantitative estimate of drug-likeness (QED) is 0.803. The van der Waals surface area contributed by atoms with Gasteiger partial charge in [-0.15, -0.1) is 0 Å². The van der Waals surface area contributed by atoms with E-state index in [0.29, 0.717) is 6.54 Å². The molecule has 1 atom stereocenters. The van der Waals surface area contributed by atoms with Crippen LogP contribution >= 0.6 is 0 Å². The van der Waals surface area contributed by atoms with Gasteiger partial charge in [-0.2, -0.15) is 0 Å². The summed E-state index contributed by atoms with van der Waals surface area (Å²) in [5, 5.41) is 12.3. The third-order valence-corrected chi connectivity index (χ3v) is 3.49. The van der Waals surface area contributed by atoms with Crippen molar-refractivity contribution in [2.75, 3.05) is 33.3 Å². The van der Waals surface area contributed by atoms with Gasteiger partial charge in [0.05, 0.1) is 19.1 Å². The van der Waals surface area contributed by atoms with Crippen LogP contribution in [0.2, 0.25) is 0 Å². The topological polar surface area (TPSA) is 61.8 Å². The molecule has 0 spiro atoms. The van der Waals surface area contributed by atoms with E-state index in [-0.39, 0.29) is 12.5 Å². The number of likely N-dealkylation sites (N-methyl/N-ethyl adjacent to an activating group) is 1. The number of benzene rings is 1. The third kappa shape index (κ3) is 4.59. The van der Waals surface area contributed by atoms with Gasteiger partial charge in [0, 0.05) is 26.2 Å². The Morgan fingerprint density at radius 2 is 2.20 bits per heavy atom. The second-order valence-electron chi connectivity index (χ2n) is 5.23. The first-order valence-electron chi connectivity index (χ1n) is 6.94. The number of carboxylic acids is 1. The lowest BCUT2D eigenvalue weighted by atomic mass is 10.0. The molecule has 0 aromatic heterocycles. The standard InChI is InChI=1S/C15H22N2O3/c1-17-6-7-20-14(11-17)10-16-9-13-5-3-2-4-12(13)8-15(18)19/h2-5,14,16H,6-11H2,1H3,(H,18,19). The van der Waals surface area contributed by atoms with Gasteiger partial charge in [0.25, 0.3) is 0 Å². The summed E-state index contributed by atoms with van der Waals surface area (Å²) in [7, 11) is 2.09. The number of carbonyl (C=O) groups is 1. The van der Waals surface area contributed by atoms with Crippen molar-refractivity contribution in [1.29, 1.82) is 0 Å². The summed E-state index contributed by atoms with van der Waals surface area (Å²) >= 11 is 0. The second-order valence-corrected chi connectivity index (χ2v) is 5.23. The fourth-order valence-corrected chi connectivity index (χ4v) is 2.42. The molecule has 0 saturated carbocycles. The zero-order valence-electron chi connectivity index (χ0n) is 11.8. The highest BCUT2D eigenvalue weighted by molar-refractivity contribution is 5.70. The Kier molecular flexibility index (Phi) is 5.52. The molecule has 1 saturated heterocycles. The zero-order chi connectivity index (χ0) is 14.4. The van der Waals surface area contributed by atoms with Crippen molar-refractivity contribution in [2.45, 2.75) is 19.1 Å². The van der Waals surface area contributed by atoms with Crippen LogP contribution < -0.4 is 5.32 Å². The molecule has 2 rings (SSSR count). The highest BCUT2D eigenvalue weighted by Gasteiger charge is 2.17. The van der Waals surface area contributed by atoms with Gasteiger partial charge in [-0.05, 0) is 18.2 Å². The Morgan fingerprint density at radius 1 is 1.45 bits per heavy atom. The number of morpholine rings is 1. The molecule has 0 bridgehead atoms. The van der Waals surface area contributed by atoms with E-state index in [2.05, 4.69) is 17.3 Å². The molecule has 20 heavy (non-hydrogen) atoms. The van der Waals surface area contributed by atoms with Gasteiger partial charge in [-0.1, -0.05) is 24.3 Å². The molecule has 5 heteroatoms. The van der Waals surface area contributed by atoms with Gasteiger partial charge in [0.1, 0.15) is 0 Å². The van der Waals surface area contributed by atoms with E-state index in [1.807, 2.05) is 24.3 Å². The van der Waals surface area contributed by atoms with Gasteiger partial charge < -0.3 is 20.1 Å². The van der Waals surface area contributed by atoms with Crippen molar-refractivity contribution in [3.05, 3.63) is 35.4 Å². The van der Waals surface area contributed by atoms with Crippen LogP contribution in [0.4, 0.5) is 0 Å². The molecule has 1 aromatic carbocycles. The predicted octanol–water partition coefficient (Wildman–Crippen LogP) is 0.734. The molecule has 0 aliphatic carbocycles. The van der Waals surface area contributed by atoms with Crippen LogP contribution in [0.25, 0.3) is 0 Å². The Hall–Kier alpha value is -1.43. The minimum absolute atomic E-state index is 0.0700. The molecule has 5 nitrogen and oxygen atoms in total. The largest absolute Gasteiger partial charge is 0.481 e. The van der Waals surface area contributed by atoms with Crippen molar-refractivity contribution in [3.63, 3.8) is 0 Å². The lowest BCUT2D eigenvalue weighted by molar-refractivity contribution is -0.136. The third-order valence-electron chi connectivity index (χ3n) is 3.49. The van der Waals surface area contributed by atoms with Crippen molar-refractivity contribution < 1.29 is 14.6 Å². The highest BCUT2D eigenvalue weighted by Crippen LogP contribution is 2.10. The van der Waals surface area contributed by atoms with Gasteiger partial charge in [-0.3, -0.25) is 4.79 Å². The Labute approximate surface area is 119 Å². The normalized spacial score (nSPS) is 19.9. The molecular weight excluding hydrogens is 256 g/mol. The van der Waals surface area contributed by atoms with E-state index >= 15 is 0 Å². The SMILES string of the molecule is CN1CCOC(CNCc2ccccc2CC(=O)O)C1. The average Bonchev–Trinajstić information content (AvgIpc) is 2.40. The van der Waals surface area contributed by atoms with Crippen LogP contribution in [0, 0.1) is 0 Å². The van der Waals surface area contributed by atoms with Gasteiger partial charge >= 0.3 is 5.97 Å². The second kappa shape index (κ2) is 7.38. The molecule has 1 aliphatic heterocycles. The lowest BCUT2D eigenvalue weighted by Gasteiger charge is -2.30. The molecule has 110 valence electrons. The van der Waals surface area contributed by atoms with Crippen molar-refractivity contribution in [3.8, 4) is 0 Å². The number of nitrogens with one attached hydrogen (secondary N) is 1. The number of ether oxygens (including phenoxy) is 1. The van der Waals surface area contributed by atoms with Crippen LogP contribution in [-0.2, 0) is 22.5 Å². The molecule has 1 fully saturated rings. The first kappa shape index (κ1) is 15.0. The maximum absolute atomic E-state index is 10.8. The number of aliphatic carboxylic acids is 1. The average molecular weight is 278 g/mol. The van der Waals surface area contributed by atoms with E-state index in [9.17, 15) is 4.79 Å². The smallest absolute Gasteiger partial charge is 0.307 e. The molecule has 1 aromatic rings. The fourth-order valence-electron chi connectivity index (χ4n) is 2.42. The molecule has 2 N–H and O–H groups in total. The highest BCUT2D eigenvalue weighted by atomic mass is 16.5. The van der Waals surface area contributed by atoms with E-state index < -0.39 is 5.97 Å². The first-order chi connectivity index (χ1) is 9.65. The molecule has 1 heterocycles. The van der Waals surface area contributed by atoms with Gasteiger partial charge in [-0.25, -0.2) is 0 Å². The number of hydrogen-bond acceptors (Lipinski definition) is 4. The number of hydrogen-bond donors (Lipinski definition) is 2. The summed E-state index contributed by atoms with van der Waals surface area (Å²) < 4.78 is 5.68. The summed E-state index contributed by atoms with van der Waals surface area (Å²) in [5.74, 6) is -0.797. The zero-order valence-corrected chi connectivity index (χ0v) is 11.8. The summed E-state index contributed by atoms with van der Waals surface area (Å²) in [6.45, 7) is 4.15. The van der Waals surface area contributed by atoms with Gasteiger partial charge in [0.2, 0.25) is 0 Å². The Balaban J connectivity index is 1.83. The Morgan fingerprint density at radius 3 is 2.90 bits per heavy atom. The van der Waals surface area contributed by atoms with Gasteiger partial charge in [0.15, 0.2) is 0 Å². The van der Waals surface area contributed by atoms with Crippen molar-refractivity contribution >= 4 is 5.97 Å². The van der Waals surface area contributed by atoms with Crippen molar-refractivity contribution in [1.82, 2.24) is 10.2 Å². The van der Waals surface area contributed by atoms with Crippen molar-refractivity contribution in [2.24, 2.45) is 0 Å². The van der Waals surface area contributed by atoms with E-state index in [1.165, 1.54) is 0 Å². The molecule has 1 aliphatic rings. The molecule has 1 unspecified atom stereocenters. The van der Waals surface area contributed by atoms with E-state index in [1.54, 1.807) is 0 Å². The maximum atomic E-state index is 10.8. The Bertz CT molecular complexity index is 450. The van der Waals surface area contributed by atoms with Crippen LogP contribution in [0.1, 0.15) is 11.1 Å². The monoisotopic (exact) mass is 278 g/mol. The number of rotatable bonds is 6. The molecule has 0 amide bonds. The first-order valence-corrected chi connectivity index (χ1v) is 6.94. The fraction of sp³-hybridized carbons (Fsp3) is 0.533. The van der Waals surface area contributed by atoms with Crippen LogP contribution in [-0.4, -0.2) is 55.4 Å². The lowest BCUT2D eigenvalue weighted by Crippen LogP contribution is -2.44. The number of nitrogens with zero attached hydrogens (tertiary/aromatic N) is 1. The maximum Gasteiger partial charge on any atom is 0.307 e. The van der Waals surface area contributed by atoms with Crippen LogP contribution in [0.5, 0.6) is 0 Å². The van der Waals surface area contributed by atoms with E-state index in [0.717, 1.165) is 37.4 Å². The summed E-state index contributed by atoms with van der Waals surface area (Å²) in [6.07, 6.45) is 0.279. The minimum Gasteiger partial charge on any atom is -0.481 e. The minimum atomic E-state index is -0.797. The molecular formula is C15H22N2O3. The summed E-state index contributed by atoms with van der Waals surface area (Å²) in [5.41, 5.74) is 1.91. The summed E-state index contributed by atoms with van der Waals surface area (Å²) in [4.78, 5) is 13.1. The number of carboxylic acid groups (broad SMARTS) is 1. The van der Waals surface area contributed by atoms with E-state index in [4.69, 9.17) is 9.84 Å². The molecule has 0 radical (unpaired) electrons. The van der Waals surface area contributed by atoms with Crippen LogP contribution in [0.15, 0.2) is 24.3 Å².